The predicted octanol–water partition coefficient (Wildman–Crippen LogP) is 4.57. The Morgan fingerprint density at radius 3 is 2.50 bits per heavy atom. The number of thiocarbonyl (C=S) groups is 1. The fraction of sp³-hybridized carbons (Fsp3) is 0.263. The summed E-state index contributed by atoms with van der Waals surface area (Å²) < 4.78 is 10.1. The molecule has 0 aliphatic heterocycles. The molecule has 0 bridgehead atoms. The molecule has 2 N–H and O–H groups in total. The molecule has 0 aliphatic carbocycles. The summed E-state index contributed by atoms with van der Waals surface area (Å²) in [6.07, 6.45) is 0. The van der Waals surface area contributed by atoms with E-state index in [9.17, 15) is 4.79 Å². The summed E-state index contributed by atoms with van der Waals surface area (Å²) in [7, 11) is 1.63. The molecule has 7 heteroatoms. The minimum Gasteiger partial charge on any atom is -0.497 e. The van der Waals surface area contributed by atoms with Gasteiger partial charge in [0.1, 0.15) is 5.75 Å². The number of rotatable bonds is 6. The zero-order valence-corrected chi connectivity index (χ0v) is 16.4. The molecule has 0 amide bonds. The molecule has 2 rings (SSSR count). The highest BCUT2D eigenvalue weighted by molar-refractivity contribution is 7.80. The molecule has 138 valence electrons. The molecular weight excluding hydrogens is 372 g/mol. The third kappa shape index (κ3) is 5.34. The first-order chi connectivity index (χ1) is 12.4. The molecule has 2 aromatic carbocycles. The van der Waals surface area contributed by atoms with Gasteiger partial charge in [0.05, 0.1) is 30.3 Å². The van der Waals surface area contributed by atoms with Gasteiger partial charge >= 0.3 is 5.97 Å². The molecule has 0 heterocycles. The van der Waals surface area contributed by atoms with E-state index in [0.717, 1.165) is 11.3 Å². The first-order valence-corrected chi connectivity index (χ1v) is 8.91. The van der Waals surface area contributed by atoms with E-state index in [1.54, 1.807) is 32.2 Å². The molecule has 26 heavy (non-hydrogen) atoms. The van der Waals surface area contributed by atoms with Gasteiger partial charge in [0, 0.05) is 5.69 Å². The summed E-state index contributed by atoms with van der Waals surface area (Å²) in [5.41, 5.74) is 2.08. The van der Waals surface area contributed by atoms with Gasteiger partial charge in [-0.2, -0.15) is 0 Å². The monoisotopic (exact) mass is 392 g/mol. The minimum absolute atomic E-state index is 0.00943. The first kappa shape index (κ1) is 20.0. The van der Waals surface area contributed by atoms with Crippen molar-refractivity contribution in [3.63, 3.8) is 0 Å². The molecule has 0 aliphatic rings. The van der Waals surface area contributed by atoms with Crippen molar-refractivity contribution in [3.05, 3.63) is 58.6 Å². The zero-order chi connectivity index (χ0) is 19.1. The number of benzene rings is 2. The molecule has 0 saturated carbocycles. The number of carbonyl (C=O) groups excluding carboxylic acids is 1. The van der Waals surface area contributed by atoms with Crippen LogP contribution >= 0.6 is 23.8 Å². The summed E-state index contributed by atoms with van der Waals surface area (Å²) in [5, 5.41) is 7.02. The van der Waals surface area contributed by atoms with Crippen LogP contribution in [-0.4, -0.2) is 24.8 Å². The molecule has 0 aromatic heterocycles. The topological polar surface area (TPSA) is 59.6 Å². The van der Waals surface area contributed by atoms with Gasteiger partial charge in [-0.15, -0.1) is 0 Å². The number of hydrogen-bond acceptors (Lipinski definition) is 4. The maximum absolute atomic E-state index is 11.8. The van der Waals surface area contributed by atoms with E-state index in [-0.39, 0.29) is 6.04 Å². The summed E-state index contributed by atoms with van der Waals surface area (Å²) in [4.78, 5) is 11.8. The zero-order valence-electron chi connectivity index (χ0n) is 14.8. The number of nitrogens with one attached hydrogen (secondary N) is 2. The van der Waals surface area contributed by atoms with Crippen LogP contribution in [0.15, 0.2) is 42.5 Å². The molecule has 0 spiro atoms. The molecule has 5 nitrogen and oxygen atoms in total. The Morgan fingerprint density at radius 2 is 1.92 bits per heavy atom. The highest BCUT2D eigenvalue weighted by atomic mass is 35.5. The lowest BCUT2D eigenvalue weighted by Gasteiger charge is -2.18. The number of halogens is 1. The van der Waals surface area contributed by atoms with E-state index in [4.69, 9.17) is 33.3 Å². The van der Waals surface area contributed by atoms with Crippen LogP contribution in [0.25, 0.3) is 0 Å². The Kier molecular flexibility index (Phi) is 7.24. The van der Waals surface area contributed by atoms with Crippen LogP contribution in [0.5, 0.6) is 5.75 Å². The van der Waals surface area contributed by atoms with Crippen LogP contribution in [0.3, 0.4) is 0 Å². The largest absolute Gasteiger partial charge is 0.497 e. The number of hydrogen-bond donors (Lipinski definition) is 2. The van der Waals surface area contributed by atoms with Gasteiger partial charge in [-0.25, -0.2) is 4.79 Å². The second-order valence-corrected chi connectivity index (χ2v) is 6.32. The normalized spacial score (nSPS) is 11.4. The summed E-state index contributed by atoms with van der Waals surface area (Å²) >= 11 is 11.5. The van der Waals surface area contributed by atoms with Gasteiger partial charge in [0.2, 0.25) is 0 Å². The number of ether oxygens (including phenoxy) is 2. The number of anilines is 1. The standard InChI is InChI=1S/C19H21ClN2O3S/c1-4-25-18(23)16-10-7-14(11-17(16)20)22-19(26)21-12(2)13-5-8-15(24-3)9-6-13/h5-12H,4H2,1-3H3,(H2,21,22,26)/t12-/m1/s1. The van der Waals surface area contributed by atoms with Crippen molar-refractivity contribution in [3.8, 4) is 5.75 Å². The van der Waals surface area contributed by atoms with Crippen LogP contribution in [0.2, 0.25) is 5.02 Å². The van der Waals surface area contributed by atoms with Gasteiger partial charge < -0.3 is 20.1 Å². The van der Waals surface area contributed by atoms with Crippen LogP contribution in [-0.2, 0) is 4.74 Å². The van der Waals surface area contributed by atoms with Crippen molar-refractivity contribution >= 4 is 40.6 Å². The third-order valence-corrected chi connectivity index (χ3v) is 4.22. The molecule has 0 unspecified atom stereocenters. The van der Waals surface area contributed by atoms with Crippen molar-refractivity contribution in [2.24, 2.45) is 0 Å². The van der Waals surface area contributed by atoms with Crippen molar-refractivity contribution in [1.82, 2.24) is 5.32 Å². The summed E-state index contributed by atoms with van der Waals surface area (Å²) in [6, 6.07) is 12.7. The van der Waals surface area contributed by atoms with Crippen molar-refractivity contribution < 1.29 is 14.3 Å². The van der Waals surface area contributed by atoms with Gasteiger partial charge in [-0.3, -0.25) is 0 Å². The highest BCUT2D eigenvalue weighted by Gasteiger charge is 2.13. The van der Waals surface area contributed by atoms with Crippen molar-refractivity contribution in [1.29, 1.82) is 0 Å². The molecule has 0 radical (unpaired) electrons. The molecular formula is C19H21ClN2O3S. The van der Waals surface area contributed by atoms with E-state index in [1.165, 1.54) is 0 Å². The SMILES string of the molecule is CCOC(=O)c1ccc(NC(=S)N[C@H](C)c2ccc(OC)cc2)cc1Cl. The Morgan fingerprint density at radius 1 is 1.23 bits per heavy atom. The number of esters is 1. The van der Waals surface area contributed by atoms with Gasteiger partial charge in [0.25, 0.3) is 0 Å². The van der Waals surface area contributed by atoms with Crippen LogP contribution < -0.4 is 15.4 Å². The lowest BCUT2D eigenvalue weighted by Crippen LogP contribution is -2.30. The fourth-order valence-corrected chi connectivity index (χ4v) is 2.86. The summed E-state index contributed by atoms with van der Waals surface area (Å²) in [6.45, 7) is 4.05. The molecule has 0 saturated heterocycles. The van der Waals surface area contributed by atoms with Gasteiger partial charge in [-0.05, 0) is 62.0 Å². The second-order valence-electron chi connectivity index (χ2n) is 5.51. The Labute approximate surface area is 163 Å². The number of methoxy groups -OCH3 is 1. The quantitative estimate of drug-likeness (QED) is 0.554. The Balaban J connectivity index is 1.98. The summed E-state index contributed by atoms with van der Waals surface area (Å²) in [5.74, 6) is 0.357. The van der Waals surface area contributed by atoms with E-state index in [2.05, 4.69) is 10.6 Å². The van der Waals surface area contributed by atoms with Crippen LogP contribution in [0.4, 0.5) is 5.69 Å². The third-order valence-electron chi connectivity index (χ3n) is 3.69. The molecule has 1 atom stereocenters. The van der Waals surface area contributed by atoms with E-state index >= 15 is 0 Å². The first-order valence-electron chi connectivity index (χ1n) is 8.12. The Bertz CT molecular complexity index is 781. The van der Waals surface area contributed by atoms with E-state index in [0.29, 0.717) is 28.0 Å². The average molecular weight is 393 g/mol. The second kappa shape index (κ2) is 9.40. The predicted molar refractivity (Wildman–Crippen MR) is 108 cm³/mol. The van der Waals surface area contributed by atoms with Crippen molar-refractivity contribution in [2.75, 3.05) is 19.0 Å². The average Bonchev–Trinajstić information content (AvgIpc) is 2.61. The maximum atomic E-state index is 11.8. The highest BCUT2D eigenvalue weighted by Crippen LogP contribution is 2.22. The van der Waals surface area contributed by atoms with Crippen LogP contribution in [0.1, 0.15) is 35.8 Å². The van der Waals surface area contributed by atoms with Gasteiger partial charge in [0.15, 0.2) is 5.11 Å². The lowest BCUT2D eigenvalue weighted by atomic mass is 10.1. The van der Waals surface area contributed by atoms with E-state index < -0.39 is 5.97 Å². The van der Waals surface area contributed by atoms with Crippen LogP contribution in [0, 0.1) is 0 Å². The van der Waals surface area contributed by atoms with Gasteiger partial charge in [-0.1, -0.05) is 23.7 Å². The smallest absolute Gasteiger partial charge is 0.339 e. The fourth-order valence-electron chi connectivity index (χ4n) is 2.31. The van der Waals surface area contributed by atoms with E-state index in [1.807, 2.05) is 31.2 Å². The molecule has 0 fully saturated rings. The van der Waals surface area contributed by atoms with Crippen molar-refractivity contribution in [2.45, 2.75) is 19.9 Å². The minimum atomic E-state index is -0.446. The Hall–Kier alpha value is -2.31. The number of carbonyl (C=O) groups is 1. The maximum Gasteiger partial charge on any atom is 0.339 e. The lowest BCUT2D eigenvalue weighted by molar-refractivity contribution is 0.0526. The molecule has 2 aromatic rings.